The Morgan fingerprint density at radius 2 is 1.16 bits per heavy atom. The Morgan fingerprint density at radius 3 is 1.60 bits per heavy atom. The minimum Gasteiger partial charge on any atom is -0.507 e. The van der Waals surface area contributed by atoms with E-state index in [1.807, 2.05) is 36.4 Å². The topological polar surface area (TPSA) is 46.2 Å². The highest BCUT2D eigenvalue weighted by atomic mass is 16.3. The second-order valence-electron chi connectivity index (χ2n) is 6.48. The van der Waals surface area contributed by atoms with Gasteiger partial charge in [-0.1, -0.05) is 72.8 Å². The molecule has 25 heavy (non-hydrogen) atoms. The zero-order valence-electron chi connectivity index (χ0n) is 14.5. The average molecular weight is 331 g/mol. The lowest BCUT2D eigenvalue weighted by Gasteiger charge is -2.14. The van der Waals surface area contributed by atoms with Crippen molar-refractivity contribution >= 4 is 0 Å². The van der Waals surface area contributed by atoms with E-state index >= 15 is 0 Å². The Kier molecular flexibility index (Phi) is 5.86. The summed E-state index contributed by atoms with van der Waals surface area (Å²) in [7, 11) is 0. The van der Waals surface area contributed by atoms with Crippen LogP contribution in [0.5, 0.6) is 5.75 Å². The van der Waals surface area contributed by atoms with E-state index in [2.05, 4.69) is 36.4 Å². The van der Waals surface area contributed by atoms with Crippen molar-refractivity contribution in [2.24, 2.45) is 5.73 Å². The molecule has 0 radical (unpaired) electrons. The fourth-order valence-electron chi connectivity index (χ4n) is 3.18. The van der Waals surface area contributed by atoms with Gasteiger partial charge in [0.2, 0.25) is 0 Å². The Hall–Kier alpha value is -2.58. The molecule has 0 unspecified atom stereocenters. The number of hydrogen-bond donors (Lipinski definition) is 2. The molecule has 0 aliphatic rings. The first-order valence-corrected chi connectivity index (χ1v) is 8.88. The second-order valence-corrected chi connectivity index (χ2v) is 6.48. The van der Waals surface area contributed by atoms with E-state index in [0.29, 0.717) is 12.3 Å². The lowest BCUT2D eigenvalue weighted by molar-refractivity contribution is 0.463. The molecule has 0 saturated heterocycles. The summed E-state index contributed by atoms with van der Waals surface area (Å²) >= 11 is 0. The van der Waals surface area contributed by atoms with Crippen molar-refractivity contribution in [2.75, 3.05) is 6.54 Å². The molecule has 0 spiro atoms. The summed E-state index contributed by atoms with van der Waals surface area (Å²) in [4.78, 5) is 0. The third-order valence-electron chi connectivity index (χ3n) is 4.47. The molecule has 0 bridgehead atoms. The van der Waals surface area contributed by atoms with Crippen molar-refractivity contribution in [2.45, 2.75) is 25.7 Å². The Bertz CT molecular complexity index is 734. The van der Waals surface area contributed by atoms with Gasteiger partial charge in [0.05, 0.1) is 0 Å². The molecule has 2 heteroatoms. The highest BCUT2D eigenvalue weighted by Gasteiger charge is 2.11. The SMILES string of the molecule is NCCCc1cc(Cc2ccccc2)c(O)c(Cc2ccccc2)c1. The molecule has 3 N–H and O–H groups in total. The number of aromatic hydroxyl groups is 1. The van der Waals surface area contributed by atoms with Gasteiger partial charge >= 0.3 is 0 Å². The van der Waals surface area contributed by atoms with Gasteiger partial charge in [-0.05, 0) is 47.2 Å². The number of phenols is 1. The predicted octanol–water partition coefficient (Wildman–Crippen LogP) is 4.47. The molecular formula is C23H25NO. The van der Waals surface area contributed by atoms with Crippen molar-refractivity contribution in [3.05, 3.63) is 101 Å². The zero-order chi connectivity index (χ0) is 17.5. The predicted molar refractivity (Wildman–Crippen MR) is 104 cm³/mol. The quantitative estimate of drug-likeness (QED) is 0.671. The molecule has 3 aromatic carbocycles. The van der Waals surface area contributed by atoms with Crippen LogP contribution in [0.2, 0.25) is 0 Å². The normalized spacial score (nSPS) is 10.8. The molecule has 0 saturated carbocycles. The fraction of sp³-hybridized carbons (Fsp3) is 0.217. The summed E-state index contributed by atoms with van der Waals surface area (Å²) in [5, 5.41) is 10.8. The molecule has 0 atom stereocenters. The van der Waals surface area contributed by atoms with E-state index in [-0.39, 0.29) is 0 Å². The Labute approximate surface area is 150 Å². The maximum Gasteiger partial charge on any atom is 0.122 e. The molecule has 0 aliphatic carbocycles. The number of aryl methyl sites for hydroxylation is 1. The van der Waals surface area contributed by atoms with Crippen molar-refractivity contribution in [3.8, 4) is 5.75 Å². The first kappa shape index (κ1) is 17.2. The van der Waals surface area contributed by atoms with Gasteiger partial charge in [-0.2, -0.15) is 0 Å². The van der Waals surface area contributed by atoms with Gasteiger partial charge in [0.1, 0.15) is 5.75 Å². The van der Waals surface area contributed by atoms with Crippen LogP contribution in [0.4, 0.5) is 0 Å². The highest BCUT2D eigenvalue weighted by molar-refractivity contribution is 5.48. The monoisotopic (exact) mass is 331 g/mol. The molecule has 0 aromatic heterocycles. The minimum atomic E-state index is 0.421. The molecule has 0 aliphatic heterocycles. The zero-order valence-corrected chi connectivity index (χ0v) is 14.5. The van der Waals surface area contributed by atoms with E-state index in [4.69, 9.17) is 5.73 Å². The molecule has 3 rings (SSSR count). The van der Waals surface area contributed by atoms with Crippen LogP contribution in [0.25, 0.3) is 0 Å². The van der Waals surface area contributed by atoms with E-state index in [0.717, 1.165) is 36.8 Å². The minimum absolute atomic E-state index is 0.421. The van der Waals surface area contributed by atoms with Crippen LogP contribution in [0, 0.1) is 0 Å². The summed E-state index contributed by atoms with van der Waals surface area (Å²) < 4.78 is 0. The molecule has 0 fully saturated rings. The van der Waals surface area contributed by atoms with Crippen LogP contribution in [0.3, 0.4) is 0 Å². The van der Waals surface area contributed by atoms with Gasteiger partial charge in [0.15, 0.2) is 0 Å². The van der Waals surface area contributed by atoms with Crippen molar-refractivity contribution in [1.82, 2.24) is 0 Å². The van der Waals surface area contributed by atoms with E-state index < -0.39 is 0 Å². The first-order chi connectivity index (χ1) is 12.3. The standard InChI is InChI=1S/C23H25NO/c24-13-7-12-20-16-21(14-18-8-3-1-4-9-18)23(25)22(17-20)15-19-10-5-2-6-11-19/h1-6,8-11,16-17,25H,7,12-15,24H2. The number of phenolic OH excluding ortho intramolecular Hbond substituents is 1. The lowest BCUT2D eigenvalue weighted by atomic mass is 9.93. The van der Waals surface area contributed by atoms with Crippen molar-refractivity contribution in [1.29, 1.82) is 0 Å². The summed E-state index contributed by atoms with van der Waals surface area (Å²) in [6.07, 6.45) is 3.39. The van der Waals surface area contributed by atoms with Crippen molar-refractivity contribution in [3.63, 3.8) is 0 Å². The van der Waals surface area contributed by atoms with Crippen LogP contribution < -0.4 is 5.73 Å². The van der Waals surface area contributed by atoms with Gasteiger partial charge in [-0.15, -0.1) is 0 Å². The lowest BCUT2D eigenvalue weighted by Crippen LogP contribution is -2.02. The van der Waals surface area contributed by atoms with Gasteiger partial charge in [-0.3, -0.25) is 0 Å². The van der Waals surface area contributed by atoms with Gasteiger partial charge in [-0.25, -0.2) is 0 Å². The molecule has 0 heterocycles. The van der Waals surface area contributed by atoms with Crippen LogP contribution in [-0.4, -0.2) is 11.7 Å². The summed E-state index contributed by atoms with van der Waals surface area (Å²) in [5.41, 5.74) is 11.3. The van der Waals surface area contributed by atoms with Crippen LogP contribution >= 0.6 is 0 Å². The maximum atomic E-state index is 10.8. The Morgan fingerprint density at radius 1 is 0.680 bits per heavy atom. The van der Waals surface area contributed by atoms with E-state index in [9.17, 15) is 5.11 Å². The highest BCUT2D eigenvalue weighted by Crippen LogP contribution is 2.29. The van der Waals surface area contributed by atoms with Gasteiger partial charge in [0, 0.05) is 12.8 Å². The van der Waals surface area contributed by atoms with Gasteiger partial charge in [0.25, 0.3) is 0 Å². The summed E-state index contributed by atoms with van der Waals surface area (Å²) in [6.45, 7) is 0.683. The van der Waals surface area contributed by atoms with Crippen molar-refractivity contribution < 1.29 is 5.11 Å². The smallest absolute Gasteiger partial charge is 0.122 e. The number of rotatable bonds is 7. The Balaban J connectivity index is 1.93. The number of benzene rings is 3. The third-order valence-corrected chi connectivity index (χ3v) is 4.47. The fourth-order valence-corrected chi connectivity index (χ4v) is 3.18. The average Bonchev–Trinajstić information content (AvgIpc) is 2.65. The maximum absolute atomic E-state index is 10.8. The molecule has 0 amide bonds. The number of hydrogen-bond acceptors (Lipinski definition) is 2. The molecule has 2 nitrogen and oxygen atoms in total. The summed E-state index contributed by atoms with van der Waals surface area (Å²) in [5.74, 6) is 0.421. The van der Waals surface area contributed by atoms with E-state index in [1.54, 1.807) is 0 Å². The summed E-state index contributed by atoms with van der Waals surface area (Å²) in [6, 6.07) is 24.8. The number of nitrogens with two attached hydrogens (primary N) is 1. The van der Waals surface area contributed by atoms with Crippen LogP contribution in [-0.2, 0) is 19.3 Å². The first-order valence-electron chi connectivity index (χ1n) is 8.88. The van der Waals surface area contributed by atoms with Crippen LogP contribution in [0.1, 0.15) is 34.2 Å². The molecule has 128 valence electrons. The van der Waals surface area contributed by atoms with Crippen LogP contribution in [0.15, 0.2) is 72.8 Å². The third kappa shape index (κ3) is 4.71. The van der Waals surface area contributed by atoms with Gasteiger partial charge < -0.3 is 10.8 Å². The second kappa shape index (κ2) is 8.50. The molecule has 3 aromatic rings. The molecular weight excluding hydrogens is 306 g/mol. The van der Waals surface area contributed by atoms with E-state index in [1.165, 1.54) is 16.7 Å². The largest absolute Gasteiger partial charge is 0.507 e.